The van der Waals surface area contributed by atoms with E-state index in [0.29, 0.717) is 0 Å². The monoisotopic (exact) mass is 471 g/mol. The van der Waals surface area contributed by atoms with Crippen LogP contribution in [-0.4, -0.2) is 56.6 Å². The summed E-state index contributed by atoms with van der Waals surface area (Å²) in [6.07, 6.45) is 2.27. The van der Waals surface area contributed by atoms with Crippen LogP contribution in [0.5, 0.6) is 0 Å². The first kappa shape index (κ1) is 22.4. The Bertz CT molecular complexity index is 1390. The molecule has 3 heterocycles. The lowest BCUT2D eigenvalue weighted by Crippen LogP contribution is -2.33. The van der Waals surface area contributed by atoms with E-state index in [2.05, 4.69) is 20.6 Å². The van der Waals surface area contributed by atoms with Gasteiger partial charge in [0.1, 0.15) is 29.6 Å². The number of halogens is 1. The number of hydrogen-bond acceptors (Lipinski definition) is 7. The van der Waals surface area contributed by atoms with E-state index in [0.717, 1.165) is 12.3 Å². The number of cyclic esters (lactones) is 1. The highest BCUT2D eigenvalue weighted by atomic mass is 19.1. The summed E-state index contributed by atoms with van der Waals surface area (Å²) in [5.74, 6) is -1.71. The number of anilines is 2. The summed E-state index contributed by atoms with van der Waals surface area (Å²) in [5.41, 5.74) is -1.51. The van der Waals surface area contributed by atoms with Gasteiger partial charge < -0.3 is 24.9 Å². The topological polar surface area (TPSA) is 171 Å². The number of amides is 3. The summed E-state index contributed by atoms with van der Waals surface area (Å²) in [5, 5.41) is 4.86. The SMILES string of the molecule is CC(=O)NC[C@H]1CN(c2ccc(-n3cnc(C(=O)Nc4c[nH]c(=O)[nH]c4=O)c3)c(F)c2)C(=O)O1. The maximum absolute atomic E-state index is 14.9. The first-order chi connectivity index (χ1) is 16.2. The third-order valence-corrected chi connectivity index (χ3v) is 4.86. The van der Waals surface area contributed by atoms with E-state index in [1.54, 1.807) is 0 Å². The fourth-order valence-corrected chi connectivity index (χ4v) is 3.23. The van der Waals surface area contributed by atoms with E-state index in [9.17, 15) is 28.4 Å². The summed E-state index contributed by atoms with van der Waals surface area (Å²) in [6, 6.07) is 4.03. The van der Waals surface area contributed by atoms with Gasteiger partial charge in [0.05, 0.1) is 24.5 Å². The van der Waals surface area contributed by atoms with Crippen LogP contribution in [0.3, 0.4) is 0 Å². The Morgan fingerprint density at radius 3 is 2.79 bits per heavy atom. The summed E-state index contributed by atoms with van der Waals surface area (Å²) in [6.45, 7) is 1.62. The molecular formula is C20H18FN7O6. The number of aromatic amines is 2. The molecule has 0 unspecified atom stereocenters. The highest BCUT2D eigenvalue weighted by molar-refractivity contribution is 6.02. The number of benzene rings is 1. The maximum Gasteiger partial charge on any atom is 0.414 e. The van der Waals surface area contributed by atoms with Crippen LogP contribution in [0, 0.1) is 5.82 Å². The van der Waals surface area contributed by atoms with Gasteiger partial charge in [0.25, 0.3) is 11.5 Å². The summed E-state index contributed by atoms with van der Waals surface area (Å²) < 4.78 is 21.3. The molecule has 1 aliphatic rings. The van der Waals surface area contributed by atoms with Crippen molar-refractivity contribution in [2.75, 3.05) is 23.3 Å². The number of hydrogen-bond donors (Lipinski definition) is 4. The van der Waals surface area contributed by atoms with E-state index < -0.39 is 35.2 Å². The molecule has 3 aromatic rings. The van der Waals surface area contributed by atoms with Crippen molar-refractivity contribution < 1.29 is 23.5 Å². The molecular weight excluding hydrogens is 453 g/mol. The van der Waals surface area contributed by atoms with Crippen molar-refractivity contribution in [2.24, 2.45) is 0 Å². The van der Waals surface area contributed by atoms with Crippen LogP contribution >= 0.6 is 0 Å². The molecule has 4 rings (SSSR count). The lowest BCUT2D eigenvalue weighted by molar-refractivity contribution is -0.119. The largest absolute Gasteiger partial charge is 0.442 e. The molecule has 14 heteroatoms. The Labute approximate surface area is 189 Å². The van der Waals surface area contributed by atoms with Gasteiger partial charge in [-0.15, -0.1) is 0 Å². The fraction of sp³-hybridized carbons (Fsp3) is 0.200. The Morgan fingerprint density at radius 1 is 1.29 bits per heavy atom. The zero-order chi connectivity index (χ0) is 24.4. The second kappa shape index (κ2) is 9.01. The maximum atomic E-state index is 14.9. The van der Waals surface area contributed by atoms with Gasteiger partial charge in [0.2, 0.25) is 5.91 Å². The minimum atomic E-state index is -0.794. The van der Waals surface area contributed by atoms with Gasteiger partial charge in [-0.3, -0.25) is 24.3 Å². The molecule has 1 aliphatic heterocycles. The molecule has 34 heavy (non-hydrogen) atoms. The Kier molecular flexibility index (Phi) is 5.95. The standard InChI is InChI=1S/C20H18FN7O6/c1-10(29)22-5-12-7-28(20(33)34-12)11-2-3-16(13(21)4-11)27-8-15(24-9-27)18(31)25-14-6-23-19(32)26-17(14)30/h2-4,6,8-9,12H,5,7H2,1H3,(H,22,29)(H,25,31)(H2,23,26,30,32)/t12-/m0/s1. The molecule has 1 saturated heterocycles. The van der Waals surface area contributed by atoms with Crippen molar-refractivity contribution >= 4 is 29.3 Å². The zero-order valence-corrected chi connectivity index (χ0v) is 17.6. The third-order valence-electron chi connectivity index (χ3n) is 4.86. The summed E-state index contributed by atoms with van der Waals surface area (Å²) in [4.78, 5) is 67.7. The van der Waals surface area contributed by atoms with Crippen molar-refractivity contribution in [1.29, 1.82) is 0 Å². The van der Waals surface area contributed by atoms with Crippen molar-refractivity contribution in [1.82, 2.24) is 24.8 Å². The van der Waals surface area contributed by atoms with E-state index in [-0.39, 0.29) is 41.8 Å². The molecule has 1 atom stereocenters. The second-order valence-electron chi connectivity index (χ2n) is 7.30. The molecule has 0 bridgehead atoms. The predicted molar refractivity (Wildman–Crippen MR) is 115 cm³/mol. The quantitative estimate of drug-likeness (QED) is 0.395. The van der Waals surface area contributed by atoms with E-state index in [4.69, 9.17) is 4.74 Å². The minimum Gasteiger partial charge on any atom is -0.442 e. The number of nitrogens with zero attached hydrogens (tertiary/aromatic N) is 3. The van der Waals surface area contributed by atoms with Crippen LogP contribution in [0.15, 0.2) is 46.5 Å². The van der Waals surface area contributed by atoms with Gasteiger partial charge in [-0.2, -0.15) is 0 Å². The molecule has 1 aromatic carbocycles. The lowest BCUT2D eigenvalue weighted by Gasteiger charge is -2.14. The van der Waals surface area contributed by atoms with E-state index in [1.165, 1.54) is 41.0 Å². The number of carbonyl (C=O) groups is 3. The number of aromatic nitrogens is 4. The van der Waals surface area contributed by atoms with Crippen LogP contribution in [-0.2, 0) is 9.53 Å². The summed E-state index contributed by atoms with van der Waals surface area (Å²) in [7, 11) is 0. The number of nitrogens with one attached hydrogen (secondary N) is 4. The van der Waals surface area contributed by atoms with Gasteiger partial charge in [0, 0.05) is 19.3 Å². The van der Waals surface area contributed by atoms with Crippen LogP contribution in [0.25, 0.3) is 5.69 Å². The molecule has 1 fully saturated rings. The first-order valence-electron chi connectivity index (χ1n) is 9.91. The van der Waals surface area contributed by atoms with Gasteiger partial charge in [-0.25, -0.2) is 19.0 Å². The van der Waals surface area contributed by atoms with Gasteiger partial charge in [-0.1, -0.05) is 0 Å². The Morgan fingerprint density at radius 2 is 2.09 bits per heavy atom. The average Bonchev–Trinajstić information content (AvgIpc) is 3.41. The Balaban J connectivity index is 1.48. The molecule has 0 radical (unpaired) electrons. The van der Waals surface area contributed by atoms with Crippen molar-refractivity contribution in [3.63, 3.8) is 0 Å². The number of H-pyrrole nitrogens is 2. The molecule has 176 valence electrons. The molecule has 4 N–H and O–H groups in total. The number of carbonyl (C=O) groups excluding carboxylic acids is 3. The molecule has 13 nitrogen and oxygen atoms in total. The molecule has 2 aromatic heterocycles. The van der Waals surface area contributed by atoms with E-state index in [1.807, 2.05) is 4.98 Å². The molecule has 3 amide bonds. The highest BCUT2D eigenvalue weighted by Gasteiger charge is 2.32. The van der Waals surface area contributed by atoms with Gasteiger partial charge in [-0.05, 0) is 18.2 Å². The predicted octanol–water partition coefficient (Wildman–Crippen LogP) is 0.102. The zero-order valence-electron chi connectivity index (χ0n) is 17.6. The summed E-state index contributed by atoms with van der Waals surface area (Å²) >= 11 is 0. The molecule has 0 aliphatic carbocycles. The average molecular weight is 471 g/mol. The fourth-order valence-electron chi connectivity index (χ4n) is 3.23. The third kappa shape index (κ3) is 4.69. The van der Waals surface area contributed by atoms with Crippen LogP contribution < -0.4 is 26.8 Å². The minimum absolute atomic E-state index is 0.0551. The van der Waals surface area contributed by atoms with Gasteiger partial charge >= 0.3 is 11.8 Å². The van der Waals surface area contributed by atoms with Crippen molar-refractivity contribution in [3.8, 4) is 5.69 Å². The second-order valence-corrected chi connectivity index (χ2v) is 7.30. The number of ether oxygens (including phenoxy) is 1. The molecule has 0 saturated carbocycles. The first-order valence-corrected chi connectivity index (χ1v) is 9.91. The molecule has 0 spiro atoms. The van der Waals surface area contributed by atoms with Gasteiger partial charge in [0.15, 0.2) is 0 Å². The van der Waals surface area contributed by atoms with Crippen molar-refractivity contribution in [3.05, 3.63) is 69.3 Å². The van der Waals surface area contributed by atoms with Crippen molar-refractivity contribution in [2.45, 2.75) is 13.0 Å². The Hall–Kier alpha value is -4.75. The number of rotatable bonds is 6. The van der Waals surface area contributed by atoms with E-state index >= 15 is 0 Å². The normalized spacial score (nSPS) is 15.2. The van der Waals surface area contributed by atoms with Crippen LogP contribution in [0.4, 0.5) is 20.6 Å². The van der Waals surface area contributed by atoms with Crippen LogP contribution in [0.2, 0.25) is 0 Å². The van der Waals surface area contributed by atoms with Crippen LogP contribution in [0.1, 0.15) is 17.4 Å². The lowest BCUT2D eigenvalue weighted by atomic mass is 10.2. The highest BCUT2D eigenvalue weighted by Crippen LogP contribution is 2.25. The number of imidazole rings is 1. The smallest absolute Gasteiger partial charge is 0.414 e.